The van der Waals surface area contributed by atoms with E-state index in [1.165, 1.54) is 16.3 Å². The Morgan fingerprint density at radius 3 is 2.76 bits per heavy atom. The Labute approximate surface area is 112 Å². The van der Waals surface area contributed by atoms with Crippen molar-refractivity contribution in [1.82, 2.24) is 14.8 Å². The maximum Gasteiger partial charge on any atom is 0.343 e. The number of aromatic nitrogens is 3. The third kappa shape index (κ3) is 2.86. The Bertz CT molecular complexity index is 593. The van der Waals surface area contributed by atoms with Crippen molar-refractivity contribution in [3.8, 4) is 0 Å². The summed E-state index contributed by atoms with van der Waals surface area (Å²) in [6.07, 6.45) is 0. The van der Waals surface area contributed by atoms with E-state index in [0.29, 0.717) is 21.0 Å². The molecule has 0 spiro atoms. The third-order valence-electron chi connectivity index (χ3n) is 2.19. The van der Waals surface area contributed by atoms with Crippen molar-refractivity contribution < 1.29 is 0 Å². The Morgan fingerprint density at radius 1 is 1.41 bits per heavy atom. The molecule has 0 radical (unpaired) electrons. The molecule has 1 aromatic carbocycles. The normalized spacial score (nSPS) is 10.8. The van der Waals surface area contributed by atoms with Gasteiger partial charge in [0.05, 0.1) is 10.0 Å². The molecule has 0 atom stereocenters. The molecule has 1 N–H and O–H groups in total. The number of halogens is 2. The smallest absolute Gasteiger partial charge is 0.273 e. The molecule has 4 nitrogen and oxygen atoms in total. The zero-order chi connectivity index (χ0) is 12.4. The minimum Gasteiger partial charge on any atom is -0.273 e. The predicted octanol–water partition coefficient (Wildman–Crippen LogP) is 2.71. The molecule has 0 aliphatic heterocycles. The molecule has 0 aliphatic carbocycles. The summed E-state index contributed by atoms with van der Waals surface area (Å²) in [7, 11) is 1.67. The highest BCUT2D eigenvalue weighted by Gasteiger charge is 2.06. The number of rotatable bonds is 3. The highest BCUT2D eigenvalue weighted by atomic mass is 35.5. The van der Waals surface area contributed by atoms with E-state index in [9.17, 15) is 4.79 Å². The summed E-state index contributed by atoms with van der Waals surface area (Å²) in [6, 6.07) is 5.46. The van der Waals surface area contributed by atoms with Gasteiger partial charge in [-0.15, -0.1) is 5.10 Å². The van der Waals surface area contributed by atoms with Crippen LogP contribution in [0.3, 0.4) is 0 Å². The number of nitrogens with one attached hydrogen (secondary N) is 1. The van der Waals surface area contributed by atoms with Gasteiger partial charge < -0.3 is 0 Å². The Balaban J connectivity index is 2.10. The van der Waals surface area contributed by atoms with Gasteiger partial charge in [-0.25, -0.2) is 9.89 Å². The largest absolute Gasteiger partial charge is 0.343 e. The molecular formula is C10H9Cl2N3OS. The van der Waals surface area contributed by atoms with Crippen LogP contribution in [-0.2, 0) is 12.8 Å². The first kappa shape index (κ1) is 12.5. The summed E-state index contributed by atoms with van der Waals surface area (Å²) in [5.74, 6) is 0.676. The molecule has 0 bridgehead atoms. The molecule has 1 aromatic heterocycles. The number of aromatic amines is 1. The van der Waals surface area contributed by atoms with Gasteiger partial charge in [0.15, 0.2) is 5.16 Å². The van der Waals surface area contributed by atoms with Crippen molar-refractivity contribution in [3.05, 3.63) is 44.3 Å². The number of benzene rings is 1. The van der Waals surface area contributed by atoms with E-state index in [0.717, 1.165) is 5.56 Å². The molecule has 0 saturated heterocycles. The summed E-state index contributed by atoms with van der Waals surface area (Å²) >= 11 is 13.2. The summed E-state index contributed by atoms with van der Waals surface area (Å²) in [5, 5.41) is 7.99. The van der Waals surface area contributed by atoms with Crippen LogP contribution in [-0.4, -0.2) is 14.8 Å². The van der Waals surface area contributed by atoms with E-state index in [1.54, 1.807) is 13.1 Å². The molecule has 0 amide bonds. The molecule has 0 unspecified atom stereocenters. The molecule has 0 fully saturated rings. The molecule has 1 heterocycles. The Hall–Kier alpha value is -0.910. The van der Waals surface area contributed by atoms with Crippen molar-refractivity contribution in [2.75, 3.05) is 0 Å². The second-order valence-electron chi connectivity index (χ2n) is 3.41. The first-order chi connectivity index (χ1) is 8.08. The second kappa shape index (κ2) is 5.16. The fourth-order valence-corrected chi connectivity index (χ4v) is 2.42. The van der Waals surface area contributed by atoms with E-state index < -0.39 is 0 Å². The topological polar surface area (TPSA) is 50.7 Å². The lowest BCUT2D eigenvalue weighted by Gasteiger charge is -2.02. The Morgan fingerprint density at radius 2 is 2.18 bits per heavy atom. The first-order valence-corrected chi connectivity index (χ1v) is 6.50. The van der Waals surface area contributed by atoms with Crippen molar-refractivity contribution >= 4 is 35.0 Å². The SMILES string of the molecule is Cn1c(SCc2ccc(Cl)c(Cl)c2)n[nH]c1=O. The minimum absolute atomic E-state index is 0.221. The van der Waals surface area contributed by atoms with Gasteiger partial charge in [0.1, 0.15) is 0 Å². The fraction of sp³-hybridized carbons (Fsp3) is 0.200. The van der Waals surface area contributed by atoms with Crippen LogP contribution in [0.5, 0.6) is 0 Å². The molecule has 0 aliphatic rings. The van der Waals surface area contributed by atoms with E-state index in [4.69, 9.17) is 23.2 Å². The molecule has 0 saturated carbocycles. The van der Waals surface area contributed by atoms with Gasteiger partial charge in [-0.2, -0.15) is 0 Å². The van der Waals surface area contributed by atoms with Gasteiger partial charge in [0, 0.05) is 12.8 Å². The van der Waals surface area contributed by atoms with Crippen LogP contribution in [0, 0.1) is 0 Å². The summed E-state index contributed by atoms with van der Waals surface area (Å²) in [6.45, 7) is 0. The zero-order valence-electron chi connectivity index (χ0n) is 8.91. The lowest BCUT2D eigenvalue weighted by molar-refractivity contribution is 0.766. The minimum atomic E-state index is -0.221. The zero-order valence-corrected chi connectivity index (χ0v) is 11.2. The van der Waals surface area contributed by atoms with Crippen molar-refractivity contribution in [3.63, 3.8) is 0 Å². The maximum absolute atomic E-state index is 11.1. The monoisotopic (exact) mass is 289 g/mol. The quantitative estimate of drug-likeness (QED) is 0.884. The standard InChI is InChI=1S/C10H9Cl2N3OS/c1-15-9(16)13-14-10(15)17-5-6-2-3-7(11)8(12)4-6/h2-4H,5H2,1H3,(H,13,16). The van der Waals surface area contributed by atoms with Crippen LogP contribution in [0.25, 0.3) is 0 Å². The molecule has 17 heavy (non-hydrogen) atoms. The third-order valence-corrected chi connectivity index (χ3v) is 4.03. The highest BCUT2D eigenvalue weighted by molar-refractivity contribution is 7.98. The van der Waals surface area contributed by atoms with E-state index in [1.807, 2.05) is 12.1 Å². The van der Waals surface area contributed by atoms with Crippen molar-refractivity contribution in [2.24, 2.45) is 7.05 Å². The van der Waals surface area contributed by atoms with Crippen LogP contribution in [0.2, 0.25) is 10.0 Å². The summed E-state index contributed by atoms with van der Waals surface area (Å²) in [5.41, 5.74) is 0.807. The first-order valence-electron chi connectivity index (χ1n) is 4.76. The van der Waals surface area contributed by atoms with Gasteiger partial charge >= 0.3 is 5.69 Å². The average Bonchev–Trinajstić information content (AvgIpc) is 2.62. The number of thioether (sulfide) groups is 1. The summed E-state index contributed by atoms with van der Waals surface area (Å²) < 4.78 is 1.46. The molecule has 7 heteroatoms. The van der Waals surface area contributed by atoms with E-state index in [-0.39, 0.29) is 5.69 Å². The van der Waals surface area contributed by atoms with E-state index in [2.05, 4.69) is 10.2 Å². The molecular weight excluding hydrogens is 281 g/mol. The van der Waals surface area contributed by atoms with E-state index >= 15 is 0 Å². The van der Waals surface area contributed by atoms with Crippen LogP contribution < -0.4 is 5.69 Å². The van der Waals surface area contributed by atoms with Crippen molar-refractivity contribution in [2.45, 2.75) is 10.9 Å². The van der Waals surface area contributed by atoms with Gasteiger partial charge in [0.25, 0.3) is 0 Å². The number of hydrogen-bond acceptors (Lipinski definition) is 3. The maximum atomic E-state index is 11.1. The van der Waals surface area contributed by atoms with Gasteiger partial charge in [-0.05, 0) is 17.7 Å². The van der Waals surface area contributed by atoms with Gasteiger partial charge in [0.2, 0.25) is 0 Å². The number of nitrogens with zero attached hydrogens (tertiary/aromatic N) is 2. The predicted molar refractivity (Wildman–Crippen MR) is 69.9 cm³/mol. The molecule has 2 rings (SSSR count). The lowest BCUT2D eigenvalue weighted by atomic mass is 10.2. The fourth-order valence-electron chi connectivity index (χ4n) is 1.24. The number of hydrogen-bond donors (Lipinski definition) is 1. The molecule has 2 aromatic rings. The number of H-pyrrole nitrogens is 1. The van der Waals surface area contributed by atoms with Crippen molar-refractivity contribution in [1.29, 1.82) is 0 Å². The van der Waals surface area contributed by atoms with Crippen LogP contribution >= 0.6 is 35.0 Å². The Kier molecular flexibility index (Phi) is 3.81. The van der Waals surface area contributed by atoms with Crippen LogP contribution in [0.1, 0.15) is 5.56 Å². The van der Waals surface area contributed by atoms with Crippen LogP contribution in [0.4, 0.5) is 0 Å². The summed E-state index contributed by atoms with van der Waals surface area (Å²) in [4.78, 5) is 11.1. The van der Waals surface area contributed by atoms with Gasteiger partial charge in [-0.3, -0.25) is 4.57 Å². The molecule has 90 valence electrons. The van der Waals surface area contributed by atoms with Crippen LogP contribution in [0.15, 0.2) is 28.2 Å². The highest BCUT2D eigenvalue weighted by Crippen LogP contribution is 2.26. The van der Waals surface area contributed by atoms with Gasteiger partial charge in [-0.1, -0.05) is 41.0 Å². The average molecular weight is 290 g/mol. The lowest BCUT2D eigenvalue weighted by Crippen LogP contribution is -2.12. The second-order valence-corrected chi connectivity index (χ2v) is 5.16.